The number of hydrazone groups is 1. The fourth-order valence-electron chi connectivity index (χ4n) is 3.87. The van der Waals surface area contributed by atoms with Crippen LogP contribution in [0.2, 0.25) is 0 Å². The highest BCUT2D eigenvalue weighted by Crippen LogP contribution is 2.33. The third-order valence-corrected chi connectivity index (χ3v) is 5.21. The fourth-order valence-corrected chi connectivity index (χ4v) is 3.87. The molecule has 5 rings (SSSR count). The SMILES string of the molecule is CC1=C2CCCc3c([nH]c4cc5[nH]c(=O)c(=O)[nH]c5cc34)C(=NN1)C2. The van der Waals surface area contributed by atoms with Crippen molar-refractivity contribution in [1.82, 2.24) is 20.4 Å². The molecule has 0 saturated carbocycles. The van der Waals surface area contributed by atoms with Gasteiger partial charge in [-0.05, 0) is 49.5 Å². The van der Waals surface area contributed by atoms with Crippen molar-refractivity contribution in [3.05, 3.63) is 55.4 Å². The number of aryl methyl sites for hydroxylation is 1. The van der Waals surface area contributed by atoms with Gasteiger partial charge in [-0.25, -0.2) is 0 Å². The maximum Gasteiger partial charge on any atom is 0.314 e. The number of aromatic nitrogens is 3. The van der Waals surface area contributed by atoms with Gasteiger partial charge in [0.2, 0.25) is 0 Å². The van der Waals surface area contributed by atoms with E-state index in [0.29, 0.717) is 11.0 Å². The second kappa shape index (κ2) is 4.95. The third-order valence-electron chi connectivity index (χ3n) is 5.21. The van der Waals surface area contributed by atoms with E-state index in [1.807, 2.05) is 12.1 Å². The summed E-state index contributed by atoms with van der Waals surface area (Å²) < 4.78 is 0. The van der Waals surface area contributed by atoms with E-state index in [4.69, 9.17) is 0 Å². The van der Waals surface area contributed by atoms with Crippen LogP contribution in [0.5, 0.6) is 0 Å². The average molecular weight is 335 g/mol. The Morgan fingerprint density at radius 1 is 0.960 bits per heavy atom. The number of nitrogens with zero attached hydrogens (tertiary/aromatic N) is 1. The molecule has 2 bridgehead atoms. The minimum absolute atomic E-state index is 0.617. The summed E-state index contributed by atoms with van der Waals surface area (Å²) in [5.41, 5.74) is 9.92. The van der Waals surface area contributed by atoms with Crippen LogP contribution in [0.1, 0.15) is 37.4 Å². The normalized spacial score (nSPS) is 17.1. The van der Waals surface area contributed by atoms with E-state index < -0.39 is 11.1 Å². The van der Waals surface area contributed by atoms with Gasteiger partial charge in [0.15, 0.2) is 0 Å². The molecule has 4 N–H and O–H groups in total. The summed E-state index contributed by atoms with van der Waals surface area (Å²) in [7, 11) is 0. The van der Waals surface area contributed by atoms with E-state index in [0.717, 1.165) is 53.7 Å². The molecule has 0 unspecified atom stereocenters. The van der Waals surface area contributed by atoms with Crippen LogP contribution in [0.3, 0.4) is 0 Å². The molecule has 126 valence electrons. The maximum atomic E-state index is 11.6. The molecule has 1 aliphatic carbocycles. The van der Waals surface area contributed by atoms with Crippen LogP contribution in [0.15, 0.2) is 38.1 Å². The zero-order valence-electron chi connectivity index (χ0n) is 13.7. The number of nitrogens with one attached hydrogen (secondary N) is 4. The Morgan fingerprint density at radius 3 is 2.52 bits per heavy atom. The number of benzene rings is 1. The second-order valence-corrected chi connectivity index (χ2v) is 6.76. The molecule has 0 spiro atoms. The van der Waals surface area contributed by atoms with Gasteiger partial charge in [-0.15, -0.1) is 0 Å². The highest BCUT2D eigenvalue weighted by molar-refractivity contribution is 6.08. The summed E-state index contributed by atoms with van der Waals surface area (Å²) >= 11 is 0. The van der Waals surface area contributed by atoms with E-state index in [1.54, 1.807) is 0 Å². The van der Waals surface area contributed by atoms with Gasteiger partial charge < -0.3 is 15.0 Å². The lowest BCUT2D eigenvalue weighted by Gasteiger charge is -2.22. The van der Waals surface area contributed by atoms with Crippen molar-refractivity contribution in [3.63, 3.8) is 0 Å². The summed E-state index contributed by atoms with van der Waals surface area (Å²) in [6.07, 6.45) is 3.93. The lowest BCUT2D eigenvalue weighted by atomic mass is 9.90. The molecule has 25 heavy (non-hydrogen) atoms. The van der Waals surface area contributed by atoms with Crippen LogP contribution < -0.4 is 16.5 Å². The fraction of sp³-hybridized carbons (Fsp3) is 0.278. The summed E-state index contributed by atoms with van der Waals surface area (Å²) in [6, 6.07) is 3.82. The second-order valence-electron chi connectivity index (χ2n) is 6.76. The summed E-state index contributed by atoms with van der Waals surface area (Å²) in [5, 5.41) is 5.60. The van der Waals surface area contributed by atoms with Gasteiger partial charge in [0, 0.05) is 23.0 Å². The van der Waals surface area contributed by atoms with Gasteiger partial charge in [-0.3, -0.25) is 15.0 Å². The molecule has 1 aromatic carbocycles. The van der Waals surface area contributed by atoms with Gasteiger partial charge in [-0.2, -0.15) is 5.10 Å². The molecule has 7 heteroatoms. The summed E-state index contributed by atoms with van der Waals surface area (Å²) in [4.78, 5) is 32.0. The number of rotatable bonds is 0. The molecule has 0 radical (unpaired) electrons. The van der Waals surface area contributed by atoms with Crippen molar-refractivity contribution in [2.75, 3.05) is 0 Å². The van der Waals surface area contributed by atoms with Gasteiger partial charge in [-0.1, -0.05) is 0 Å². The van der Waals surface area contributed by atoms with Gasteiger partial charge in [0.25, 0.3) is 0 Å². The van der Waals surface area contributed by atoms with Crippen molar-refractivity contribution in [2.24, 2.45) is 5.10 Å². The topological polar surface area (TPSA) is 106 Å². The summed E-state index contributed by atoms with van der Waals surface area (Å²) in [6.45, 7) is 2.07. The molecule has 2 aliphatic rings. The lowest BCUT2D eigenvalue weighted by Crippen LogP contribution is -2.28. The van der Waals surface area contributed by atoms with Gasteiger partial charge >= 0.3 is 11.1 Å². The molecule has 0 fully saturated rings. The minimum Gasteiger partial charge on any atom is -0.353 e. The Kier molecular flexibility index (Phi) is 2.83. The average Bonchev–Trinajstić information content (AvgIpc) is 2.91. The zero-order valence-corrected chi connectivity index (χ0v) is 13.7. The number of aromatic amines is 3. The number of hydrogen-bond acceptors (Lipinski definition) is 4. The molecule has 7 nitrogen and oxygen atoms in total. The predicted octanol–water partition coefficient (Wildman–Crippen LogP) is 2.01. The van der Waals surface area contributed by atoms with Crippen molar-refractivity contribution >= 4 is 27.6 Å². The Morgan fingerprint density at radius 2 is 1.72 bits per heavy atom. The lowest BCUT2D eigenvalue weighted by molar-refractivity contribution is 0.734. The number of H-pyrrole nitrogens is 3. The van der Waals surface area contributed by atoms with E-state index in [9.17, 15) is 9.59 Å². The van der Waals surface area contributed by atoms with E-state index in [1.165, 1.54) is 11.1 Å². The third kappa shape index (κ3) is 2.08. The molecular weight excluding hydrogens is 318 g/mol. The van der Waals surface area contributed by atoms with Crippen molar-refractivity contribution in [1.29, 1.82) is 0 Å². The van der Waals surface area contributed by atoms with E-state index in [2.05, 4.69) is 32.4 Å². The van der Waals surface area contributed by atoms with E-state index >= 15 is 0 Å². The van der Waals surface area contributed by atoms with Crippen LogP contribution in [0.4, 0.5) is 0 Å². The van der Waals surface area contributed by atoms with Crippen LogP contribution >= 0.6 is 0 Å². The van der Waals surface area contributed by atoms with Crippen molar-refractivity contribution in [2.45, 2.75) is 32.6 Å². The maximum absolute atomic E-state index is 11.6. The summed E-state index contributed by atoms with van der Waals surface area (Å²) in [5.74, 6) is 0. The number of hydrogen-bond donors (Lipinski definition) is 4. The smallest absolute Gasteiger partial charge is 0.314 e. The molecular formula is C18H17N5O2. The first-order valence-electron chi connectivity index (χ1n) is 8.42. The van der Waals surface area contributed by atoms with Gasteiger partial charge in [0.1, 0.15) is 0 Å². The molecule has 3 aromatic rings. The zero-order chi connectivity index (χ0) is 17.1. The predicted molar refractivity (Wildman–Crippen MR) is 97.0 cm³/mol. The van der Waals surface area contributed by atoms with Crippen LogP contribution in [0.25, 0.3) is 21.9 Å². The highest BCUT2D eigenvalue weighted by atomic mass is 16.2. The molecule has 3 heterocycles. The number of fused-ring (bicyclic) bond motifs is 7. The Bertz CT molecular complexity index is 1220. The van der Waals surface area contributed by atoms with Crippen LogP contribution in [0, 0.1) is 0 Å². The standard InChI is InChI=1S/C18H17N5O2/c1-8-9-3-2-4-10-11-6-13-14(21-18(25)17(24)20-13)7-12(11)19-16(10)15(5-9)23-22-8/h6-7,19,22H,2-5H2,1H3,(H,20,24)(H,21,25). The first-order chi connectivity index (χ1) is 12.1. The Labute approximate surface area is 141 Å². The van der Waals surface area contributed by atoms with Gasteiger partial charge in [0.05, 0.1) is 22.4 Å². The largest absolute Gasteiger partial charge is 0.353 e. The van der Waals surface area contributed by atoms with Crippen LogP contribution in [-0.4, -0.2) is 20.7 Å². The molecule has 0 amide bonds. The van der Waals surface area contributed by atoms with Crippen molar-refractivity contribution < 1.29 is 0 Å². The van der Waals surface area contributed by atoms with Crippen molar-refractivity contribution in [3.8, 4) is 0 Å². The van der Waals surface area contributed by atoms with E-state index in [-0.39, 0.29) is 0 Å². The number of allylic oxidation sites excluding steroid dienone is 2. The highest BCUT2D eigenvalue weighted by Gasteiger charge is 2.23. The first-order valence-corrected chi connectivity index (χ1v) is 8.42. The Balaban J connectivity index is 1.79. The Hall–Kier alpha value is -3.09. The molecule has 0 atom stereocenters. The minimum atomic E-state index is -0.636. The molecule has 2 aromatic heterocycles. The first kappa shape index (κ1) is 14.3. The van der Waals surface area contributed by atoms with Crippen LogP contribution in [-0.2, 0) is 6.42 Å². The molecule has 1 aliphatic heterocycles. The quantitative estimate of drug-likeness (QED) is 0.472. The molecule has 0 saturated heterocycles. The monoisotopic (exact) mass is 335 g/mol.